The summed E-state index contributed by atoms with van der Waals surface area (Å²) in [7, 11) is 5.24. The van der Waals surface area contributed by atoms with E-state index in [0.717, 1.165) is 38.8 Å². The quantitative estimate of drug-likeness (QED) is 0.317. The number of guanidine groups is 1. The molecule has 1 aromatic rings. The van der Waals surface area contributed by atoms with Crippen molar-refractivity contribution in [3.05, 3.63) is 35.4 Å². The molecular weight excluding hydrogens is 479 g/mol. The van der Waals surface area contributed by atoms with Gasteiger partial charge in [-0.3, -0.25) is 4.79 Å². The van der Waals surface area contributed by atoms with Gasteiger partial charge in [0.1, 0.15) is 6.54 Å². The molecule has 1 aliphatic carbocycles. The number of carbonyl (C=O) groups is 1. The van der Waals surface area contributed by atoms with E-state index in [1.165, 1.54) is 11.1 Å². The summed E-state index contributed by atoms with van der Waals surface area (Å²) in [5.41, 5.74) is 2.91. The number of methoxy groups -OCH3 is 1. The molecule has 1 amide bonds. The molecule has 1 atom stereocenters. The number of carbonyl (C=O) groups excluding carboxylic acids is 1. The lowest BCUT2D eigenvalue weighted by Gasteiger charge is -2.30. The number of halogens is 1. The van der Waals surface area contributed by atoms with Gasteiger partial charge in [-0.05, 0) is 42.2 Å². The van der Waals surface area contributed by atoms with Gasteiger partial charge in [0.25, 0.3) is 0 Å². The molecule has 0 aliphatic heterocycles. The van der Waals surface area contributed by atoms with Crippen LogP contribution < -0.4 is 10.6 Å². The van der Waals surface area contributed by atoms with Crippen LogP contribution in [0, 0.1) is 5.41 Å². The lowest BCUT2D eigenvalue weighted by Crippen LogP contribution is -2.48. The number of likely N-dealkylation sites (N-methyl/N-ethyl adjacent to an activating group) is 1. The molecule has 0 fully saturated rings. The second kappa shape index (κ2) is 12.4. The summed E-state index contributed by atoms with van der Waals surface area (Å²) in [6, 6.07) is 8.94. The van der Waals surface area contributed by atoms with Crippen molar-refractivity contribution in [1.82, 2.24) is 15.5 Å². The highest BCUT2D eigenvalue weighted by atomic mass is 127. The topological polar surface area (TPSA) is 66.0 Å². The van der Waals surface area contributed by atoms with Crippen LogP contribution in [0.15, 0.2) is 29.3 Å². The zero-order valence-corrected chi connectivity index (χ0v) is 20.8. The molecule has 0 bridgehead atoms. The molecular formula is C22H37IN4O2. The standard InChI is InChI=1S/C22H36N4O2.HI/c1-22(2,12-13-28-5)16-24-21(23-15-20(27)26(3)4)25-19-11-10-17-8-6-7-9-18(17)14-19;/h6-9,19H,10-16H2,1-5H3,(H2,23,24,25);1H. The fourth-order valence-electron chi connectivity index (χ4n) is 3.24. The molecule has 0 heterocycles. The van der Waals surface area contributed by atoms with Gasteiger partial charge in [0, 0.05) is 40.4 Å². The molecule has 0 saturated heterocycles. The molecule has 164 valence electrons. The van der Waals surface area contributed by atoms with E-state index in [-0.39, 0.29) is 41.8 Å². The second-order valence-electron chi connectivity index (χ2n) is 8.57. The average Bonchev–Trinajstić information content (AvgIpc) is 2.68. The maximum absolute atomic E-state index is 12.0. The Bertz CT molecular complexity index is 677. The van der Waals surface area contributed by atoms with Crippen molar-refractivity contribution in [3.8, 4) is 0 Å². The van der Waals surface area contributed by atoms with Crippen molar-refractivity contribution in [1.29, 1.82) is 0 Å². The minimum Gasteiger partial charge on any atom is -0.385 e. The van der Waals surface area contributed by atoms with Crippen LogP contribution in [0.4, 0.5) is 0 Å². The molecule has 1 aliphatic rings. The number of rotatable bonds is 8. The third-order valence-electron chi connectivity index (χ3n) is 5.28. The summed E-state index contributed by atoms with van der Waals surface area (Å²) in [4.78, 5) is 18.1. The molecule has 7 heteroatoms. The van der Waals surface area contributed by atoms with Crippen LogP contribution in [0.2, 0.25) is 0 Å². The maximum Gasteiger partial charge on any atom is 0.243 e. The van der Waals surface area contributed by atoms with Crippen molar-refractivity contribution >= 4 is 35.8 Å². The van der Waals surface area contributed by atoms with Gasteiger partial charge in [0.2, 0.25) is 5.91 Å². The largest absolute Gasteiger partial charge is 0.385 e. The normalized spacial score (nSPS) is 16.4. The monoisotopic (exact) mass is 516 g/mol. The van der Waals surface area contributed by atoms with E-state index in [0.29, 0.717) is 12.0 Å². The summed E-state index contributed by atoms with van der Waals surface area (Å²) in [6.45, 7) is 6.05. The van der Waals surface area contributed by atoms with E-state index in [1.807, 2.05) is 0 Å². The molecule has 6 nitrogen and oxygen atoms in total. The summed E-state index contributed by atoms with van der Waals surface area (Å²) in [5, 5.41) is 7.00. The Hall–Kier alpha value is -1.35. The summed E-state index contributed by atoms with van der Waals surface area (Å²) < 4.78 is 5.22. The van der Waals surface area contributed by atoms with Gasteiger partial charge in [-0.1, -0.05) is 38.1 Å². The highest BCUT2D eigenvalue weighted by molar-refractivity contribution is 14.0. The molecule has 0 aromatic heterocycles. The van der Waals surface area contributed by atoms with E-state index in [9.17, 15) is 4.79 Å². The molecule has 2 N–H and O–H groups in total. The minimum absolute atomic E-state index is 0. The number of nitrogens with one attached hydrogen (secondary N) is 2. The predicted molar refractivity (Wildman–Crippen MR) is 130 cm³/mol. The lowest BCUT2D eigenvalue weighted by atomic mass is 9.88. The van der Waals surface area contributed by atoms with Crippen LogP contribution in [0.5, 0.6) is 0 Å². The average molecular weight is 516 g/mol. The fraction of sp³-hybridized carbons (Fsp3) is 0.636. The van der Waals surface area contributed by atoms with Gasteiger partial charge in [-0.25, -0.2) is 4.99 Å². The van der Waals surface area contributed by atoms with Crippen molar-refractivity contribution in [2.75, 3.05) is 40.9 Å². The molecule has 2 rings (SSSR count). The zero-order chi connectivity index (χ0) is 20.6. The van der Waals surface area contributed by atoms with Crippen LogP contribution in [0.25, 0.3) is 0 Å². The van der Waals surface area contributed by atoms with Crippen LogP contribution in [-0.4, -0.2) is 63.7 Å². The second-order valence-corrected chi connectivity index (χ2v) is 8.57. The third-order valence-corrected chi connectivity index (χ3v) is 5.28. The first-order chi connectivity index (χ1) is 13.3. The maximum atomic E-state index is 12.0. The highest BCUT2D eigenvalue weighted by Gasteiger charge is 2.22. The van der Waals surface area contributed by atoms with E-state index in [4.69, 9.17) is 4.74 Å². The number of hydrogen-bond acceptors (Lipinski definition) is 3. The molecule has 0 saturated carbocycles. The summed E-state index contributed by atoms with van der Waals surface area (Å²) >= 11 is 0. The third kappa shape index (κ3) is 8.90. The molecule has 0 spiro atoms. The lowest BCUT2D eigenvalue weighted by molar-refractivity contribution is -0.127. The number of benzene rings is 1. The van der Waals surface area contributed by atoms with Crippen molar-refractivity contribution in [3.63, 3.8) is 0 Å². The highest BCUT2D eigenvalue weighted by Crippen LogP contribution is 2.21. The predicted octanol–water partition coefficient (Wildman–Crippen LogP) is 2.85. The van der Waals surface area contributed by atoms with Gasteiger partial charge in [-0.2, -0.15) is 0 Å². The van der Waals surface area contributed by atoms with Gasteiger partial charge >= 0.3 is 0 Å². The van der Waals surface area contributed by atoms with Crippen molar-refractivity contribution in [2.24, 2.45) is 10.4 Å². The summed E-state index contributed by atoms with van der Waals surface area (Å²) in [5.74, 6) is 0.707. The zero-order valence-electron chi connectivity index (χ0n) is 18.5. The number of amides is 1. The fourth-order valence-corrected chi connectivity index (χ4v) is 3.24. The number of nitrogens with zero attached hydrogens (tertiary/aromatic N) is 2. The Morgan fingerprint density at radius 2 is 1.97 bits per heavy atom. The molecule has 1 aromatic carbocycles. The molecule has 0 radical (unpaired) electrons. The van der Waals surface area contributed by atoms with E-state index >= 15 is 0 Å². The van der Waals surface area contributed by atoms with Crippen LogP contribution in [0.1, 0.15) is 37.8 Å². The SMILES string of the molecule is COCCC(C)(C)CNC(=NCC(=O)N(C)C)NC1CCc2ccccc2C1.I. The van der Waals surface area contributed by atoms with Gasteiger partial charge in [0.05, 0.1) is 0 Å². The molecule has 29 heavy (non-hydrogen) atoms. The van der Waals surface area contributed by atoms with Crippen molar-refractivity contribution in [2.45, 2.75) is 45.6 Å². The Morgan fingerprint density at radius 1 is 1.28 bits per heavy atom. The summed E-state index contributed by atoms with van der Waals surface area (Å²) in [6.07, 6.45) is 4.06. The Balaban J connectivity index is 0.00000420. The minimum atomic E-state index is -0.00580. The first-order valence-corrected chi connectivity index (χ1v) is 10.1. The Morgan fingerprint density at radius 3 is 2.62 bits per heavy atom. The van der Waals surface area contributed by atoms with Crippen LogP contribution in [0.3, 0.4) is 0 Å². The number of fused-ring (bicyclic) bond motifs is 1. The molecule has 1 unspecified atom stereocenters. The Labute approximate surface area is 192 Å². The van der Waals surface area contributed by atoms with Gasteiger partial charge < -0.3 is 20.3 Å². The Kier molecular flexibility index (Phi) is 11.0. The first-order valence-electron chi connectivity index (χ1n) is 10.1. The number of hydrogen-bond donors (Lipinski definition) is 2. The van der Waals surface area contributed by atoms with Gasteiger partial charge in [0.15, 0.2) is 5.96 Å². The van der Waals surface area contributed by atoms with Gasteiger partial charge in [-0.15, -0.1) is 24.0 Å². The smallest absolute Gasteiger partial charge is 0.243 e. The van der Waals surface area contributed by atoms with E-state index < -0.39 is 0 Å². The number of aryl methyl sites for hydroxylation is 1. The number of aliphatic imine (C=N–C) groups is 1. The van der Waals surface area contributed by atoms with E-state index in [1.54, 1.807) is 26.1 Å². The number of ether oxygens (including phenoxy) is 1. The first kappa shape index (κ1) is 25.7. The van der Waals surface area contributed by atoms with E-state index in [2.05, 4.69) is 53.7 Å². The van der Waals surface area contributed by atoms with Crippen molar-refractivity contribution < 1.29 is 9.53 Å². The van der Waals surface area contributed by atoms with Crippen LogP contribution >= 0.6 is 24.0 Å². The van der Waals surface area contributed by atoms with Crippen LogP contribution in [-0.2, 0) is 22.4 Å².